The van der Waals surface area contributed by atoms with Crippen LogP contribution in [0.15, 0.2) is 128 Å². The Labute approximate surface area is 243 Å². The number of rotatable bonds is 3. The van der Waals surface area contributed by atoms with Crippen molar-refractivity contribution in [2.75, 3.05) is 0 Å². The molecule has 2 aromatic heterocycles. The van der Waals surface area contributed by atoms with Crippen molar-refractivity contribution in [2.24, 2.45) is 0 Å². The van der Waals surface area contributed by atoms with Crippen LogP contribution in [0.2, 0.25) is 0 Å². The van der Waals surface area contributed by atoms with Crippen LogP contribution in [0.5, 0.6) is 0 Å². The number of para-hydroxylation sites is 1. The van der Waals surface area contributed by atoms with Gasteiger partial charge in [0.15, 0.2) is 5.69 Å². The van der Waals surface area contributed by atoms with Crippen LogP contribution in [0.25, 0.3) is 54.7 Å². The SMILES string of the molecule is [C-]#[N+]c1ccc2c(c1)-c1cc(C#N)ccc1C2c1cccc(-c2cccc(-n3c4ccccc4c4cccnc43)c2)c1. The number of nitriles is 1. The Kier molecular flexibility index (Phi) is 5.29. The maximum atomic E-state index is 9.57. The third-order valence-corrected chi connectivity index (χ3v) is 8.35. The summed E-state index contributed by atoms with van der Waals surface area (Å²) in [4.78, 5) is 8.42. The molecule has 0 saturated heterocycles. The van der Waals surface area contributed by atoms with E-state index in [1.807, 2.05) is 36.5 Å². The molecule has 0 fully saturated rings. The summed E-state index contributed by atoms with van der Waals surface area (Å²) in [5, 5.41) is 11.9. The summed E-state index contributed by atoms with van der Waals surface area (Å²) >= 11 is 0. The molecule has 0 bridgehead atoms. The maximum absolute atomic E-state index is 9.57. The van der Waals surface area contributed by atoms with E-state index in [1.165, 1.54) is 10.9 Å². The van der Waals surface area contributed by atoms with Crippen LogP contribution >= 0.6 is 0 Å². The zero-order valence-corrected chi connectivity index (χ0v) is 22.5. The van der Waals surface area contributed by atoms with E-state index >= 15 is 0 Å². The molecule has 42 heavy (non-hydrogen) atoms. The fraction of sp³-hybridized carbons (Fsp3) is 0.0263. The van der Waals surface area contributed by atoms with Crippen LogP contribution in [0, 0.1) is 17.9 Å². The van der Waals surface area contributed by atoms with E-state index in [1.54, 1.807) is 0 Å². The molecular formula is C38H22N4. The van der Waals surface area contributed by atoms with Gasteiger partial charge in [0.25, 0.3) is 0 Å². The number of pyridine rings is 1. The van der Waals surface area contributed by atoms with E-state index in [9.17, 15) is 5.26 Å². The average Bonchev–Trinajstić information content (AvgIpc) is 3.57. The van der Waals surface area contributed by atoms with E-state index < -0.39 is 0 Å². The molecule has 4 heteroatoms. The van der Waals surface area contributed by atoms with Gasteiger partial charge >= 0.3 is 0 Å². The monoisotopic (exact) mass is 534 g/mol. The minimum atomic E-state index is 0.0206. The van der Waals surface area contributed by atoms with Gasteiger partial charge in [-0.1, -0.05) is 72.8 Å². The van der Waals surface area contributed by atoms with Crippen LogP contribution in [-0.2, 0) is 0 Å². The topological polar surface area (TPSA) is 46.0 Å². The fourth-order valence-electron chi connectivity index (χ4n) is 6.52. The predicted octanol–water partition coefficient (Wildman–Crippen LogP) is 9.43. The molecule has 7 aromatic rings. The van der Waals surface area contributed by atoms with Crippen LogP contribution < -0.4 is 0 Å². The molecule has 194 valence electrons. The Balaban J connectivity index is 1.27. The highest BCUT2D eigenvalue weighted by Gasteiger charge is 2.30. The van der Waals surface area contributed by atoms with Crippen LogP contribution in [0.4, 0.5) is 5.69 Å². The Morgan fingerprint density at radius 3 is 2.33 bits per heavy atom. The molecule has 1 atom stereocenters. The summed E-state index contributed by atoms with van der Waals surface area (Å²) in [6.07, 6.45) is 1.85. The van der Waals surface area contributed by atoms with Gasteiger partial charge in [-0.3, -0.25) is 4.57 Å². The maximum Gasteiger partial charge on any atom is 0.187 e. The number of hydrogen-bond donors (Lipinski definition) is 0. The molecule has 0 aliphatic heterocycles. The highest BCUT2D eigenvalue weighted by atomic mass is 15.0. The van der Waals surface area contributed by atoms with Crippen molar-refractivity contribution in [1.29, 1.82) is 5.26 Å². The number of nitrogens with zero attached hydrogens (tertiary/aromatic N) is 4. The smallest absolute Gasteiger partial charge is 0.187 e. The highest BCUT2D eigenvalue weighted by Crippen LogP contribution is 2.49. The van der Waals surface area contributed by atoms with Crippen LogP contribution in [0.3, 0.4) is 0 Å². The van der Waals surface area contributed by atoms with E-state index in [0.717, 1.165) is 55.6 Å². The first-order valence-corrected chi connectivity index (χ1v) is 13.8. The van der Waals surface area contributed by atoms with Crippen molar-refractivity contribution < 1.29 is 0 Å². The van der Waals surface area contributed by atoms with Gasteiger partial charge in [-0.05, 0) is 87.5 Å². The van der Waals surface area contributed by atoms with E-state index in [4.69, 9.17) is 11.6 Å². The summed E-state index contributed by atoms with van der Waals surface area (Å²) in [5.41, 5.74) is 12.2. The minimum Gasteiger partial charge on any atom is -0.294 e. The molecular weight excluding hydrogens is 512 g/mol. The van der Waals surface area contributed by atoms with Gasteiger partial charge in [-0.15, -0.1) is 0 Å². The molecule has 0 amide bonds. The molecule has 1 aliphatic carbocycles. The van der Waals surface area contributed by atoms with E-state index in [0.29, 0.717) is 11.3 Å². The molecule has 5 aromatic carbocycles. The van der Waals surface area contributed by atoms with E-state index in [-0.39, 0.29) is 5.92 Å². The molecule has 0 N–H and O–H groups in total. The second-order valence-corrected chi connectivity index (χ2v) is 10.6. The summed E-state index contributed by atoms with van der Waals surface area (Å²) in [6.45, 7) is 7.53. The second kappa shape index (κ2) is 9.30. The molecule has 1 aliphatic rings. The van der Waals surface area contributed by atoms with Crippen molar-refractivity contribution in [3.63, 3.8) is 0 Å². The van der Waals surface area contributed by atoms with Gasteiger partial charge in [0.1, 0.15) is 5.65 Å². The van der Waals surface area contributed by atoms with Gasteiger partial charge < -0.3 is 0 Å². The largest absolute Gasteiger partial charge is 0.294 e. The first kappa shape index (κ1) is 23.9. The lowest BCUT2D eigenvalue weighted by atomic mass is 9.87. The number of aromatic nitrogens is 2. The predicted molar refractivity (Wildman–Crippen MR) is 168 cm³/mol. The van der Waals surface area contributed by atoms with Crippen molar-refractivity contribution in [2.45, 2.75) is 5.92 Å². The van der Waals surface area contributed by atoms with Gasteiger partial charge in [-0.2, -0.15) is 5.26 Å². The highest BCUT2D eigenvalue weighted by molar-refractivity contribution is 6.07. The third-order valence-electron chi connectivity index (χ3n) is 8.35. The number of benzene rings is 5. The summed E-state index contributed by atoms with van der Waals surface area (Å²) in [7, 11) is 0. The number of fused-ring (bicyclic) bond motifs is 6. The number of hydrogen-bond acceptors (Lipinski definition) is 2. The molecule has 0 saturated carbocycles. The lowest BCUT2D eigenvalue weighted by molar-refractivity contribution is 1.02. The first-order chi connectivity index (χ1) is 20.7. The van der Waals surface area contributed by atoms with Gasteiger partial charge in [-0.25, -0.2) is 9.83 Å². The Bertz CT molecular complexity index is 2180. The molecule has 4 nitrogen and oxygen atoms in total. The van der Waals surface area contributed by atoms with Gasteiger partial charge in [0.05, 0.1) is 23.7 Å². The molecule has 1 unspecified atom stereocenters. The lowest BCUT2D eigenvalue weighted by Gasteiger charge is -2.16. The standard InChI is InChI=1S/C38H22N4/c1-40-28-15-17-32-35(22-28)34-19-24(23-39)14-16-31(34)37(32)27-9-4-7-25(20-27)26-8-5-10-29(21-26)42-36-13-3-2-11-30(36)33-12-6-18-41-38(33)42/h2-22,37H. The fourth-order valence-corrected chi connectivity index (χ4v) is 6.52. The third kappa shape index (κ3) is 3.57. The van der Waals surface area contributed by atoms with Crippen molar-refractivity contribution >= 4 is 27.6 Å². The van der Waals surface area contributed by atoms with Gasteiger partial charge in [0, 0.05) is 28.6 Å². The minimum absolute atomic E-state index is 0.0206. The molecule has 0 spiro atoms. The normalized spacial score (nSPS) is 13.4. The quantitative estimate of drug-likeness (QED) is 0.212. The first-order valence-electron chi connectivity index (χ1n) is 13.8. The average molecular weight is 535 g/mol. The Morgan fingerprint density at radius 1 is 0.714 bits per heavy atom. The lowest BCUT2D eigenvalue weighted by Crippen LogP contribution is -2.00. The van der Waals surface area contributed by atoms with Crippen molar-refractivity contribution in [3.8, 4) is 34.0 Å². The molecule has 0 radical (unpaired) electrons. The van der Waals surface area contributed by atoms with Gasteiger partial charge in [0.2, 0.25) is 0 Å². The second-order valence-electron chi connectivity index (χ2n) is 10.6. The van der Waals surface area contributed by atoms with Crippen LogP contribution in [-0.4, -0.2) is 9.55 Å². The summed E-state index contributed by atoms with van der Waals surface area (Å²) in [5.74, 6) is 0.0206. The Morgan fingerprint density at radius 2 is 1.48 bits per heavy atom. The van der Waals surface area contributed by atoms with Crippen molar-refractivity contribution in [3.05, 3.63) is 161 Å². The molecule has 8 rings (SSSR count). The summed E-state index contributed by atoms with van der Waals surface area (Å²) in [6, 6.07) is 44.0. The van der Waals surface area contributed by atoms with Crippen molar-refractivity contribution in [1.82, 2.24) is 9.55 Å². The Hall–Kier alpha value is -5.97. The van der Waals surface area contributed by atoms with Crippen LogP contribution in [0.1, 0.15) is 28.2 Å². The molecule has 2 heterocycles. The van der Waals surface area contributed by atoms with E-state index in [2.05, 4.69) is 106 Å². The summed E-state index contributed by atoms with van der Waals surface area (Å²) < 4.78 is 2.24. The zero-order valence-electron chi connectivity index (χ0n) is 22.5. The zero-order chi connectivity index (χ0) is 28.2.